The third-order valence-electron chi connectivity index (χ3n) is 4.54. The maximum atomic E-state index is 11.9. The average molecular weight is 389 g/mol. The predicted molar refractivity (Wildman–Crippen MR) is 102 cm³/mol. The van der Waals surface area contributed by atoms with E-state index in [1.54, 1.807) is 7.11 Å². The van der Waals surface area contributed by atoms with Gasteiger partial charge in [0.25, 0.3) is 0 Å². The number of hydrogen-bond acceptors (Lipinski definition) is 7. The predicted octanol–water partition coefficient (Wildman–Crippen LogP) is 2.76. The fourth-order valence-corrected chi connectivity index (χ4v) is 3.08. The van der Waals surface area contributed by atoms with E-state index in [0.29, 0.717) is 55.6 Å². The molecule has 1 amide bonds. The lowest BCUT2D eigenvalue weighted by Gasteiger charge is -2.10. The molecule has 3 rings (SSSR count). The molecule has 1 saturated heterocycles. The lowest BCUT2D eigenvalue weighted by Crippen LogP contribution is -2.31. The molecule has 8 heteroatoms. The van der Waals surface area contributed by atoms with E-state index in [0.717, 1.165) is 25.0 Å². The quantitative estimate of drug-likeness (QED) is 0.667. The van der Waals surface area contributed by atoms with Gasteiger partial charge in [-0.3, -0.25) is 4.79 Å². The van der Waals surface area contributed by atoms with Crippen molar-refractivity contribution in [2.45, 2.75) is 45.1 Å². The Hall–Kier alpha value is -2.61. The second-order valence-corrected chi connectivity index (χ2v) is 6.60. The highest BCUT2D eigenvalue weighted by Crippen LogP contribution is 2.31. The van der Waals surface area contributed by atoms with Crippen molar-refractivity contribution in [1.82, 2.24) is 15.5 Å². The molecule has 1 N–H and O–H groups in total. The minimum absolute atomic E-state index is 0.0199. The number of carbonyl (C=O) groups excluding carboxylic acids is 1. The first-order chi connectivity index (χ1) is 13.7. The number of ether oxygens (including phenoxy) is 3. The zero-order valence-corrected chi connectivity index (χ0v) is 16.4. The first kappa shape index (κ1) is 20.1. The van der Waals surface area contributed by atoms with Crippen LogP contribution in [0.4, 0.5) is 0 Å². The SMILES string of the molecule is CCOc1ccc(-c2noc(CCCC(=O)NC[C@H]3CCCO3)n2)cc1OC. The van der Waals surface area contributed by atoms with E-state index in [1.807, 2.05) is 25.1 Å². The Labute approximate surface area is 164 Å². The van der Waals surface area contributed by atoms with E-state index in [4.69, 9.17) is 18.7 Å². The van der Waals surface area contributed by atoms with Crippen molar-refractivity contribution in [2.24, 2.45) is 0 Å². The Morgan fingerprint density at radius 3 is 3.00 bits per heavy atom. The Bertz CT molecular complexity index is 771. The number of aromatic nitrogens is 2. The van der Waals surface area contributed by atoms with Crippen LogP contribution >= 0.6 is 0 Å². The molecular formula is C20H27N3O5. The summed E-state index contributed by atoms with van der Waals surface area (Å²) in [6.45, 7) is 3.86. The molecule has 8 nitrogen and oxygen atoms in total. The molecule has 28 heavy (non-hydrogen) atoms. The molecule has 0 radical (unpaired) electrons. The summed E-state index contributed by atoms with van der Waals surface area (Å²) in [5.74, 6) is 2.31. The highest BCUT2D eigenvalue weighted by Gasteiger charge is 2.16. The summed E-state index contributed by atoms with van der Waals surface area (Å²) in [5, 5.41) is 6.94. The van der Waals surface area contributed by atoms with Gasteiger partial charge in [0.2, 0.25) is 17.6 Å². The second-order valence-electron chi connectivity index (χ2n) is 6.60. The molecule has 2 aromatic rings. The first-order valence-electron chi connectivity index (χ1n) is 9.71. The smallest absolute Gasteiger partial charge is 0.226 e. The van der Waals surface area contributed by atoms with Gasteiger partial charge < -0.3 is 24.1 Å². The molecule has 0 spiro atoms. The number of carbonyl (C=O) groups is 1. The lowest BCUT2D eigenvalue weighted by molar-refractivity contribution is -0.121. The summed E-state index contributed by atoms with van der Waals surface area (Å²) in [4.78, 5) is 16.3. The van der Waals surface area contributed by atoms with Crippen molar-refractivity contribution in [3.63, 3.8) is 0 Å². The van der Waals surface area contributed by atoms with Crippen molar-refractivity contribution >= 4 is 5.91 Å². The third kappa shape index (κ3) is 5.45. The minimum Gasteiger partial charge on any atom is -0.493 e. The monoisotopic (exact) mass is 389 g/mol. The summed E-state index contributed by atoms with van der Waals surface area (Å²) < 4.78 is 21.7. The fraction of sp³-hybridized carbons (Fsp3) is 0.550. The topological polar surface area (TPSA) is 95.7 Å². The largest absolute Gasteiger partial charge is 0.493 e. The van der Waals surface area contributed by atoms with E-state index in [-0.39, 0.29) is 12.0 Å². The fourth-order valence-electron chi connectivity index (χ4n) is 3.08. The van der Waals surface area contributed by atoms with E-state index in [1.165, 1.54) is 0 Å². The molecule has 0 unspecified atom stereocenters. The highest BCUT2D eigenvalue weighted by atomic mass is 16.5. The van der Waals surface area contributed by atoms with Gasteiger partial charge in [0.05, 0.1) is 19.8 Å². The van der Waals surface area contributed by atoms with Gasteiger partial charge in [0.15, 0.2) is 11.5 Å². The zero-order valence-electron chi connectivity index (χ0n) is 16.4. The molecule has 2 heterocycles. The maximum absolute atomic E-state index is 11.9. The van der Waals surface area contributed by atoms with Gasteiger partial charge in [0.1, 0.15) is 0 Å². The number of hydrogen-bond donors (Lipinski definition) is 1. The Morgan fingerprint density at radius 2 is 2.25 bits per heavy atom. The number of aryl methyl sites for hydroxylation is 1. The molecule has 152 valence electrons. The van der Waals surface area contributed by atoms with Crippen LogP contribution in [0.5, 0.6) is 11.5 Å². The molecule has 1 atom stereocenters. The third-order valence-corrected chi connectivity index (χ3v) is 4.54. The minimum atomic E-state index is 0.0199. The van der Waals surface area contributed by atoms with Crippen molar-refractivity contribution < 1.29 is 23.5 Å². The second kappa shape index (κ2) is 10.1. The molecule has 0 saturated carbocycles. The molecule has 1 aromatic carbocycles. The van der Waals surface area contributed by atoms with Gasteiger partial charge >= 0.3 is 0 Å². The first-order valence-corrected chi connectivity index (χ1v) is 9.71. The van der Waals surface area contributed by atoms with Crippen LogP contribution in [-0.2, 0) is 16.0 Å². The number of benzene rings is 1. The van der Waals surface area contributed by atoms with Crippen molar-refractivity contribution in [3.05, 3.63) is 24.1 Å². The van der Waals surface area contributed by atoms with E-state index in [9.17, 15) is 4.79 Å². The molecular weight excluding hydrogens is 362 g/mol. The Kier molecular flexibility index (Phi) is 7.25. The standard InChI is InChI=1S/C20H27N3O5/c1-3-26-16-10-9-14(12-17(16)25-2)20-22-19(28-23-20)8-4-7-18(24)21-13-15-6-5-11-27-15/h9-10,12,15H,3-8,11,13H2,1-2H3,(H,21,24)/t15-/m1/s1. The zero-order chi connectivity index (χ0) is 19.8. The van der Waals surface area contributed by atoms with Crippen LogP contribution < -0.4 is 14.8 Å². The lowest BCUT2D eigenvalue weighted by atomic mass is 10.2. The van der Waals surface area contributed by atoms with Crippen molar-refractivity contribution in [3.8, 4) is 22.9 Å². The molecule has 0 bridgehead atoms. The summed E-state index contributed by atoms with van der Waals surface area (Å²) in [7, 11) is 1.59. The van der Waals surface area contributed by atoms with Gasteiger partial charge in [-0.25, -0.2) is 0 Å². The summed E-state index contributed by atoms with van der Waals surface area (Å²) in [6, 6.07) is 5.50. The number of nitrogens with zero attached hydrogens (tertiary/aromatic N) is 2. The van der Waals surface area contributed by atoms with Crippen LogP contribution in [0.3, 0.4) is 0 Å². The molecule has 0 aliphatic carbocycles. The number of nitrogens with one attached hydrogen (secondary N) is 1. The van der Waals surface area contributed by atoms with Crippen LogP contribution in [0, 0.1) is 0 Å². The summed E-state index contributed by atoms with van der Waals surface area (Å²) in [6.07, 6.45) is 3.86. The van der Waals surface area contributed by atoms with E-state index < -0.39 is 0 Å². The van der Waals surface area contributed by atoms with Gasteiger partial charge in [-0.05, 0) is 44.4 Å². The number of rotatable bonds is 10. The average Bonchev–Trinajstić information content (AvgIpc) is 3.39. The molecule has 1 fully saturated rings. The molecule has 1 aliphatic rings. The van der Waals surface area contributed by atoms with Gasteiger partial charge in [-0.2, -0.15) is 4.98 Å². The van der Waals surface area contributed by atoms with Crippen LogP contribution in [0.15, 0.2) is 22.7 Å². The van der Waals surface area contributed by atoms with Crippen molar-refractivity contribution in [2.75, 3.05) is 26.9 Å². The van der Waals surface area contributed by atoms with Gasteiger partial charge in [-0.15, -0.1) is 0 Å². The van der Waals surface area contributed by atoms with Crippen molar-refractivity contribution in [1.29, 1.82) is 0 Å². The number of methoxy groups -OCH3 is 1. The summed E-state index contributed by atoms with van der Waals surface area (Å²) >= 11 is 0. The number of amides is 1. The van der Waals surface area contributed by atoms with Crippen LogP contribution in [-0.4, -0.2) is 49.0 Å². The van der Waals surface area contributed by atoms with Crippen LogP contribution in [0.25, 0.3) is 11.4 Å². The summed E-state index contributed by atoms with van der Waals surface area (Å²) in [5.41, 5.74) is 0.782. The highest BCUT2D eigenvalue weighted by molar-refractivity contribution is 5.75. The molecule has 1 aromatic heterocycles. The Balaban J connectivity index is 1.48. The van der Waals surface area contributed by atoms with Gasteiger partial charge in [0, 0.05) is 31.6 Å². The normalized spacial score (nSPS) is 16.1. The van der Waals surface area contributed by atoms with Crippen LogP contribution in [0.2, 0.25) is 0 Å². The van der Waals surface area contributed by atoms with Crippen LogP contribution in [0.1, 0.15) is 38.5 Å². The molecule has 1 aliphatic heterocycles. The maximum Gasteiger partial charge on any atom is 0.226 e. The van der Waals surface area contributed by atoms with E-state index in [2.05, 4.69) is 15.5 Å². The van der Waals surface area contributed by atoms with E-state index >= 15 is 0 Å². The Morgan fingerprint density at radius 1 is 1.36 bits per heavy atom. The van der Waals surface area contributed by atoms with Gasteiger partial charge in [-0.1, -0.05) is 5.16 Å².